The highest BCUT2D eigenvalue weighted by Gasteiger charge is 2.45. The maximum absolute atomic E-state index is 12.9. The molecule has 3 rings (SSSR count). The monoisotopic (exact) mass is 871 g/mol. The summed E-state index contributed by atoms with van der Waals surface area (Å²) in [7, 11) is -8.32. The van der Waals surface area contributed by atoms with Crippen molar-refractivity contribution in [3.63, 3.8) is 0 Å². The molecule has 0 aliphatic rings. The maximum Gasteiger partial charge on any atom is 0.416 e. The van der Waals surface area contributed by atoms with E-state index in [1.54, 1.807) is 0 Å². The van der Waals surface area contributed by atoms with Gasteiger partial charge in [0.1, 0.15) is 10.6 Å². The Bertz CT molecular complexity index is 2140. The first-order chi connectivity index (χ1) is 25.6. The molecule has 0 radical (unpaired) electrons. The zero-order chi connectivity index (χ0) is 46.3. The highest BCUT2D eigenvalue weighted by molar-refractivity contribution is 7.93. The van der Waals surface area contributed by atoms with Gasteiger partial charge in [0.05, 0.1) is 27.0 Å². The first-order valence-electron chi connectivity index (χ1n) is 16.9. The van der Waals surface area contributed by atoms with Crippen LogP contribution in [0.3, 0.4) is 0 Å². The highest BCUT2D eigenvalue weighted by Crippen LogP contribution is 2.37. The fourth-order valence-corrected chi connectivity index (χ4v) is 6.10. The maximum atomic E-state index is 12.9. The fourth-order valence-electron chi connectivity index (χ4n) is 3.39. The van der Waals surface area contributed by atoms with Crippen molar-refractivity contribution in [2.75, 3.05) is 0 Å². The molecular weight excluding hydrogens is 821 g/mol. The van der Waals surface area contributed by atoms with Gasteiger partial charge in [-0.2, -0.15) is 36.6 Å². The van der Waals surface area contributed by atoms with Gasteiger partial charge in [0.25, 0.3) is 0 Å². The van der Waals surface area contributed by atoms with E-state index in [0.717, 1.165) is 50.2 Å². The third-order valence-corrected chi connectivity index (χ3v) is 12.5. The average Bonchev–Trinajstić information content (AvgIpc) is 3.60. The standard InChI is InChI=1S/C16H19F3N2O3S.C11H11F3O4S.C5H12N2O.C5H9N/c1-14(2,3)12-20-13(24-21-12)15(4,5)25(22,23)11-8-6-10(7-9-11)16(17,18)19;1-10(2,9(15)16)19(17,18)8-5-3-7(4-6-8)11(12,13)14;1-5(2,3)4(6)7-8;1-5(2,3)4-6/h6-9H,1-5H3;3-6H,1-2H3,(H,15,16);8H,1-3H3,(H2,6,7);1-3H3. The van der Waals surface area contributed by atoms with Crippen molar-refractivity contribution in [1.29, 1.82) is 5.26 Å². The van der Waals surface area contributed by atoms with E-state index in [2.05, 4.69) is 21.4 Å². The zero-order valence-corrected chi connectivity index (χ0v) is 36.0. The van der Waals surface area contributed by atoms with Gasteiger partial charge in [0, 0.05) is 16.2 Å². The number of alkyl halides is 6. The third kappa shape index (κ3) is 14.3. The number of carbonyl (C=O) groups is 1. The topological polar surface area (TPSA) is 227 Å². The summed E-state index contributed by atoms with van der Waals surface area (Å²) in [6, 6.07) is 8.14. The lowest BCUT2D eigenvalue weighted by Crippen LogP contribution is -2.40. The van der Waals surface area contributed by atoms with Crippen molar-refractivity contribution in [3.8, 4) is 6.07 Å². The molecule has 4 N–H and O–H groups in total. The van der Waals surface area contributed by atoms with Gasteiger partial charge in [0.15, 0.2) is 30.2 Å². The van der Waals surface area contributed by atoms with Gasteiger partial charge in [-0.1, -0.05) is 51.9 Å². The van der Waals surface area contributed by atoms with E-state index in [-0.39, 0.29) is 27.5 Å². The second kappa shape index (κ2) is 18.5. The highest BCUT2D eigenvalue weighted by atomic mass is 32.2. The molecule has 0 unspecified atom stereocenters. The number of carboxylic acid groups (broad SMARTS) is 1. The molecule has 0 fully saturated rings. The zero-order valence-electron chi connectivity index (χ0n) is 34.4. The first kappa shape index (κ1) is 53.3. The third-order valence-electron chi connectivity index (χ3n) is 7.67. The molecule has 1 aromatic heterocycles. The molecule has 0 bridgehead atoms. The number of carboxylic acids is 1. The van der Waals surface area contributed by atoms with Crippen molar-refractivity contribution in [2.24, 2.45) is 21.7 Å². The van der Waals surface area contributed by atoms with Gasteiger partial charge >= 0.3 is 18.3 Å². The van der Waals surface area contributed by atoms with Gasteiger partial charge in [-0.15, -0.1) is 0 Å². The molecule has 21 heteroatoms. The largest absolute Gasteiger partial charge is 0.480 e. The molecular formula is C37H51F6N5O8S2. The van der Waals surface area contributed by atoms with Gasteiger partial charge in [0.2, 0.25) is 5.89 Å². The van der Waals surface area contributed by atoms with Crippen LogP contribution in [-0.2, 0) is 47.0 Å². The van der Waals surface area contributed by atoms with Gasteiger partial charge < -0.3 is 20.6 Å². The number of halogens is 6. The van der Waals surface area contributed by atoms with Crippen LogP contribution in [0.25, 0.3) is 0 Å². The minimum atomic E-state index is -4.58. The van der Waals surface area contributed by atoms with Crippen molar-refractivity contribution in [1.82, 2.24) is 10.1 Å². The quantitative estimate of drug-likeness (QED) is 0.0694. The molecule has 0 amide bonds. The van der Waals surface area contributed by atoms with E-state index in [0.29, 0.717) is 18.0 Å². The minimum absolute atomic E-state index is 0.114. The van der Waals surface area contributed by atoms with Crippen molar-refractivity contribution < 1.29 is 62.8 Å². The molecule has 13 nitrogen and oxygen atoms in total. The van der Waals surface area contributed by atoms with E-state index in [9.17, 15) is 48.0 Å². The summed E-state index contributed by atoms with van der Waals surface area (Å²) < 4.78 is 126. The summed E-state index contributed by atoms with van der Waals surface area (Å²) in [5, 5.41) is 31.8. The Labute approximate surface area is 335 Å². The Hall–Kier alpha value is -4.71. The first-order valence-corrected chi connectivity index (χ1v) is 19.9. The summed E-state index contributed by atoms with van der Waals surface area (Å²) in [6.07, 6.45) is -9.11. The normalized spacial score (nSPS) is 13.4. The number of amidine groups is 1. The number of nitrogens with zero attached hydrogens (tertiary/aromatic N) is 4. The van der Waals surface area contributed by atoms with Crippen LogP contribution in [0, 0.1) is 22.2 Å². The SMILES string of the molecule is CC(C)(C(=O)O)S(=O)(=O)c1ccc(C(F)(F)F)cc1.CC(C)(C)/C(N)=N/O.CC(C)(C)C#N.CC(C)(C)c1noc(C(C)(C)S(=O)(=O)c2ccc(C(F)(F)F)cc2)n1. The molecule has 0 saturated carbocycles. The van der Waals surface area contributed by atoms with E-state index in [1.807, 2.05) is 62.3 Å². The smallest absolute Gasteiger partial charge is 0.416 e. The summed E-state index contributed by atoms with van der Waals surface area (Å²) >= 11 is 0. The number of hydrogen-bond acceptors (Lipinski definition) is 11. The van der Waals surface area contributed by atoms with Crippen LogP contribution in [-0.4, -0.2) is 53.8 Å². The van der Waals surface area contributed by atoms with Crippen LogP contribution >= 0.6 is 0 Å². The minimum Gasteiger partial charge on any atom is -0.480 e. The Morgan fingerprint density at radius 1 is 0.724 bits per heavy atom. The Balaban J connectivity index is 0.000000861. The van der Waals surface area contributed by atoms with Crippen molar-refractivity contribution in [2.45, 2.75) is 127 Å². The number of aromatic nitrogens is 2. The molecule has 3 aromatic rings. The number of rotatable bonds is 6. The van der Waals surface area contributed by atoms with Crippen molar-refractivity contribution in [3.05, 3.63) is 71.4 Å². The van der Waals surface area contributed by atoms with Crippen LogP contribution in [0.4, 0.5) is 26.3 Å². The number of benzene rings is 2. The average molecular weight is 872 g/mol. The van der Waals surface area contributed by atoms with E-state index in [1.165, 1.54) is 13.8 Å². The second-order valence-electron chi connectivity index (χ2n) is 16.6. The lowest BCUT2D eigenvalue weighted by molar-refractivity contribution is -0.139. The van der Waals surface area contributed by atoms with Crippen LogP contribution in [0.15, 0.2) is 68.0 Å². The number of oxime groups is 1. The van der Waals surface area contributed by atoms with Crippen molar-refractivity contribution >= 4 is 31.5 Å². The lowest BCUT2D eigenvalue weighted by atomic mass is 9.96. The van der Waals surface area contributed by atoms with Gasteiger partial charge in [-0.25, -0.2) is 16.8 Å². The van der Waals surface area contributed by atoms with Gasteiger partial charge in [-0.3, -0.25) is 4.79 Å². The number of aliphatic carboxylic acids is 1. The molecule has 0 spiro atoms. The molecule has 2 aromatic carbocycles. The lowest BCUT2D eigenvalue weighted by Gasteiger charge is -2.21. The molecule has 58 heavy (non-hydrogen) atoms. The molecule has 326 valence electrons. The second-order valence-corrected chi connectivity index (χ2v) is 21.6. The number of nitriles is 1. The Morgan fingerprint density at radius 2 is 1.07 bits per heavy atom. The summed E-state index contributed by atoms with van der Waals surface area (Å²) in [5.41, 5.74) is 2.53. The van der Waals surface area contributed by atoms with Gasteiger partial charge in [-0.05, 0) is 97.0 Å². The van der Waals surface area contributed by atoms with Crippen LogP contribution in [0.1, 0.15) is 113 Å². The van der Waals surface area contributed by atoms with E-state index in [4.69, 9.17) is 25.8 Å². The number of hydrogen-bond donors (Lipinski definition) is 3. The number of nitrogens with two attached hydrogens (primary N) is 1. The molecule has 0 saturated heterocycles. The van der Waals surface area contributed by atoms with E-state index < -0.39 is 68.9 Å². The molecule has 0 aliphatic heterocycles. The van der Waals surface area contributed by atoms with Crippen LogP contribution in [0.2, 0.25) is 0 Å². The summed E-state index contributed by atoms with van der Waals surface area (Å²) in [5.74, 6) is -1.08. The Kier molecular flexibility index (Phi) is 17.0. The number of sulfone groups is 2. The predicted molar refractivity (Wildman–Crippen MR) is 203 cm³/mol. The molecule has 1 heterocycles. The predicted octanol–water partition coefficient (Wildman–Crippen LogP) is 8.77. The van der Waals surface area contributed by atoms with Crippen LogP contribution in [0.5, 0.6) is 0 Å². The molecule has 0 atom stereocenters. The fraction of sp³-hybridized carbons (Fsp3) is 0.541. The molecule has 0 aliphatic carbocycles. The Morgan fingerprint density at radius 3 is 1.29 bits per heavy atom. The van der Waals surface area contributed by atoms with E-state index >= 15 is 0 Å². The summed E-state index contributed by atoms with van der Waals surface area (Å²) in [6.45, 7) is 21.5. The summed E-state index contributed by atoms with van der Waals surface area (Å²) in [4.78, 5) is 14.4. The van der Waals surface area contributed by atoms with Crippen LogP contribution < -0.4 is 5.73 Å².